The number of nitrogens with zero attached hydrogens (tertiary/aromatic N) is 2. The van der Waals surface area contributed by atoms with Gasteiger partial charge in [-0.3, -0.25) is 14.5 Å². The van der Waals surface area contributed by atoms with Gasteiger partial charge >= 0.3 is 18.0 Å². The monoisotopic (exact) mass is 600 g/mol. The molecule has 4 rings (SSSR count). The number of primary amides is 1. The molecule has 5 unspecified atom stereocenters. The van der Waals surface area contributed by atoms with Crippen LogP contribution in [0.4, 0.5) is 4.79 Å². The summed E-state index contributed by atoms with van der Waals surface area (Å²) in [6.07, 6.45) is -10.2. The largest absolute Gasteiger partial charge is 0.479 e. The zero-order chi connectivity index (χ0) is 30.0. The second-order valence-electron chi connectivity index (χ2n) is 8.66. The smallest absolute Gasteiger partial charge is 0.404 e. The van der Waals surface area contributed by atoms with E-state index in [9.17, 15) is 44.4 Å². The third kappa shape index (κ3) is 5.84. The number of fused-ring (bicyclic) bond motifs is 1. The molecule has 41 heavy (non-hydrogen) atoms. The molecule has 3 aliphatic heterocycles. The fourth-order valence-corrected chi connectivity index (χ4v) is 5.49. The van der Waals surface area contributed by atoms with Gasteiger partial charge in [0, 0.05) is 11.3 Å². The van der Waals surface area contributed by atoms with E-state index in [2.05, 4.69) is 15.3 Å². The van der Waals surface area contributed by atoms with Crippen LogP contribution in [0, 0.1) is 0 Å². The van der Waals surface area contributed by atoms with Gasteiger partial charge in [-0.05, 0) is 12.1 Å². The lowest BCUT2D eigenvalue weighted by Gasteiger charge is -2.49. The summed E-state index contributed by atoms with van der Waals surface area (Å²) in [6.45, 7) is -0.545. The van der Waals surface area contributed by atoms with Crippen molar-refractivity contribution in [1.82, 2.24) is 10.2 Å². The summed E-state index contributed by atoms with van der Waals surface area (Å²) in [4.78, 5) is 67.5. The van der Waals surface area contributed by atoms with Crippen LogP contribution < -0.4 is 11.1 Å². The second-order valence-corrected chi connectivity index (χ2v) is 9.77. The second kappa shape index (κ2) is 12.1. The number of hydrogen-bond acceptors (Lipinski definition) is 15. The lowest BCUT2D eigenvalue weighted by Crippen LogP contribution is -2.71. The number of nitrogens with one attached hydrogen (secondary N) is 1. The Morgan fingerprint density at radius 3 is 2.56 bits per heavy atom. The first-order valence-electron chi connectivity index (χ1n) is 11.6. The first-order chi connectivity index (χ1) is 19.5. The van der Waals surface area contributed by atoms with Crippen LogP contribution in [0.25, 0.3) is 0 Å². The van der Waals surface area contributed by atoms with Gasteiger partial charge in [-0.1, -0.05) is 5.16 Å². The van der Waals surface area contributed by atoms with Crippen LogP contribution >= 0.6 is 11.8 Å². The van der Waals surface area contributed by atoms with Crippen molar-refractivity contribution in [3.05, 3.63) is 35.4 Å². The number of oxime groups is 1. The number of rotatable bonds is 9. The van der Waals surface area contributed by atoms with E-state index < -0.39 is 84.3 Å². The standard InChI is InChI=1S/C22H24N4O14S/c1-36-25-9(8-3-2-4-37-8)16(30)24-10-17(31)26-11(7(5-38-22(23)35)6-41-18(10)26)20(34)40-21-14(29)12(27)13(28)15(39-21)19(32)33/h2-4,10,12-15,18,21,27-29H,5-6H2,1H3,(H2,23,35)(H,24,30)(H,32,33)/b25-9-/t10-,12?,13?,14?,15?,18-,21?/m1/s1. The van der Waals surface area contributed by atoms with Gasteiger partial charge < -0.3 is 54.9 Å². The molecule has 1 aromatic heterocycles. The highest BCUT2D eigenvalue weighted by molar-refractivity contribution is 8.00. The Hall–Kier alpha value is -4.17. The van der Waals surface area contributed by atoms with Gasteiger partial charge in [0.25, 0.3) is 11.8 Å². The lowest BCUT2D eigenvalue weighted by molar-refractivity contribution is -0.285. The molecule has 0 saturated carbocycles. The van der Waals surface area contributed by atoms with Crippen LogP contribution in [0.5, 0.6) is 0 Å². The molecule has 19 heteroatoms. The Labute approximate surface area is 233 Å². The summed E-state index contributed by atoms with van der Waals surface area (Å²) in [5.41, 5.74) is 4.34. The van der Waals surface area contributed by atoms with Crippen molar-refractivity contribution in [2.75, 3.05) is 19.5 Å². The number of carboxylic acids is 1. The molecule has 0 aromatic carbocycles. The maximum absolute atomic E-state index is 13.3. The fraction of sp³-hybridized carbons (Fsp3) is 0.455. The number of esters is 1. The Morgan fingerprint density at radius 2 is 1.95 bits per heavy atom. The molecule has 0 spiro atoms. The summed E-state index contributed by atoms with van der Waals surface area (Å²) in [5.74, 6) is -4.64. The van der Waals surface area contributed by atoms with E-state index in [1.807, 2.05) is 0 Å². The molecule has 1 aromatic rings. The Morgan fingerprint density at radius 1 is 1.22 bits per heavy atom. The van der Waals surface area contributed by atoms with Crippen molar-refractivity contribution in [2.24, 2.45) is 10.9 Å². The number of aliphatic hydroxyl groups is 3. The van der Waals surface area contributed by atoms with E-state index in [0.29, 0.717) is 0 Å². The number of aliphatic hydroxyl groups excluding tert-OH is 3. The molecule has 3 aliphatic rings. The minimum atomic E-state index is -2.08. The molecular weight excluding hydrogens is 576 g/mol. The SMILES string of the molecule is CO/N=C(\C(=O)N[C@@H]1C(=O)N2C(C(=O)OC3OC(C(=O)O)C(O)C(O)C3O)=C(COC(N)=O)CS[C@H]12)c1ccco1. The maximum atomic E-state index is 13.3. The van der Waals surface area contributed by atoms with Gasteiger partial charge in [0.15, 0.2) is 11.9 Å². The number of carbonyl (C=O) groups excluding carboxylic acids is 4. The van der Waals surface area contributed by atoms with Gasteiger partial charge in [0.1, 0.15) is 49.1 Å². The van der Waals surface area contributed by atoms with Crippen molar-refractivity contribution in [3.63, 3.8) is 0 Å². The van der Waals surface area contributed by atoms with Gasteiger partial charge in [-0.25, -0.2) is 14.4 Å². The summed E-state index contributed by atoms with van der Waals surface area (Å²) in [6, 6.07) is 1.77. The highest BCUT2D eigenvalue weighted by atomic mass is 32.2. The van der Waals surface area contributed by atoms with Crippen LogP contribution in [-0.2, 0) is 38.2 Å². The number of ether oxygens (including phenoxy) is 3. The summed E-state index contributed by atoms with van der Waals surface area (Å²) in [7, 11) is 1.20. The van der Waals surface area contributed by atoms with Gasteiger partial charge in [0.05, 0.1) is 6.26 Å². The van der Waals surface area contributed by atoms with Crippen molar-refractivity contribution in [2.45, 2.75) is 42.1 Å². The first kappa shape index (κ1) is 29.8. The van der Waals surface area contributed by atoms with Gasteiger partial charge in [-0.2, -0.15) is 0 Å². The van der Waals surface area contributed by atoms with Crippen molar-refractivity contribution < 1.29 is 67.9 Å². The zero-order valence-corrected chi connectivity index (χ0v) is 21.8. The number of furan rings is 1. The Balaban J connectivity index is 1.56. The third-order valence-corrected chi connectivity index (χ3v) is 7.44. The molecule has 7 N–H and O–H groups in total. The molecule has 2 saturated heterocycles. The molecule has 3 amide bonds. The fourth-order valence-electron chi connectivity index (χ4n) is 4.16. The minimum absolute atomic E-state index is 0.0249. The molecular formula is C22H24N4O14S. The van der Waals surface area contributed by atoms with Crippen LogP contribution in [0.1, 0.15) is 5.76 Å². The third-order valence-electron chi connectivity index (χ3n) is 6.10. The van der Waals surface area contributed by atoms with E-state index in [1.165, 1.54) is 25.5 Å². The molecule has 18 nitrogen and oxygen atoms in total. The van der Waals surface area contributed by atoms with Crippen LogP contribution in [-0.4, -0.2) is 122 Å². The summed E-state index contributed by atoms with van der Waals surface area (Å²) in [5, 5.41) is 44.6. The topological polar surface area (TPSA) is 270 Å². The highest BCUT2D eigenvalue weighted by Crippen LogP contribution is 2.41. The lowest BCUT2D eigenvalue weighted by atomic mass is 9.99. The van der Waals surface area contributed by atoms with Crippen LogP contribution in [0.15, 0.2) is 39.2 Å². The van der Waals surface area contributed by atoms with Crippen molar-refractivity contribution in [1.29, 1.82) is 0 Å². The number of nitrogens with two attached hydrogens (primary N) is 1. The molecule has 0 bridgehead atoms. The predicted molar refractivity (Wildman–Crippen MR) is 130 cm³/mol. The number of carbonyl (C=O) groups is 5. The quantitative estimate of drug-likeness (QED) is 0.0705. The number of β-lactam (4-membered cyclic amide) rings is 1. The maximum Gasteiger partial charge on any atom is 0.404 e. The number of hydrogen-bond donors (Lipinski definition) is 6. The predicted octanol–water partition coefficient (Wildman–Crippen LogP) is -3.19. The van der Waals surface area contributed by atoms with Crippen molar-refractivity contribution in [3.8, 4) is 0 Å². The number of carboxylic acid groups (broad SMARTS) is 1. The Bertz CT molecular complexity index is 1280. The van der Waals surface area contributed by atoms with Crippen LogP contribution in [0.2, 0.25) is 0 Å². The average Bonchev–Trinajstić information content (AvgIpc) is 3.47. The average molecular weight is 601 g/mol. The highest BCUT2D eigenvalue weighted by Gasteiger charge is 2.56. The van der Waals surface area contributed by atoms with E-state index >= 15 is 0 Å². The minimum Gasteiger partial charge on any atom is -0.479 e. The zero-order valence-electron chi connectivity index (χ0n) is 20.9. The number of thioether (sulfide) groups is 1. The molecule has 0 radical (unpaired) electrons. The van der Waals surface area contributed by atoms with Crippen molar-refractivity contribution >= 4 is 47.3 Å². The van der Waals surface area contributed by atoms with E-state index in [4.69, 9.17) is 24.4 Å². The number of amides is 3. The Kier molecular flexibility index (Phi) is 8.83. The van der Waals surface area contributed by atoms with Gasteiger partial charge in [-0.15, -0.1) is 11.8 Å². The number of aliphatic carboxylic acids is 1. The molecule has 2 fully saturated rings. The molecule has 4 heterocycles. The van der Waals surface area contributed by atoms with Gasteiger partial charge in [0.2, 0.25) is 12.0 Å². The summed E-state index contributed by atoms with van der Waals surface area (Å²) >= 11 is 1.09. The van der Waals surface area contributed by atoms with E-state index in [1.54, 1.807) is 0 Å². The van der Waals surface area contributed by atoms with E-state index in [0.717, 1.165) is 16.7 Å². The molecule has 222 valence electrons. The first-order valence-corrected chi connectivity index (χ1v) is 12.7. The summed E-state index contributed by atoms with van der Waals surface area (Å²) < 4.78 is 20.0. The van der Waals surface area contributed by atoms with Crippen LogP contribution in [0.3, 0.4) is 0 Å². The van der Waals surface area contributed by atoms with E-state index in [-0.39, 0.29) is 22.8 Å². The normalized spacial score (nSPS) is 29.7. The molecule has 0 aliphatic carbocycles. The molecule has 7 atom stereocenters.